The summed E-state index contributed by atoms with van der Waals surface area (Å²) < 4.78 is 82.9. The molecule has 3 aromatic rings. The molecule has 3 aromatic heterocycles. The van der Waals surface area contributed by atoms with Crippen LogP contribution in [0.1, 0.15) is 11.4 Å². The second kappa shape index (κ2) is 8.18. The quantitative estimate of drug-likeness (QED) is 0.557. The Balaban J connectivity index is 1.70. The van der Waals surface area contributed by atoms with Gasteiger partial charge in [0, 0.05) is 11.9 Å². The van der Waals surface area contributed by atoms with Crippen molar-refractivity contribution in [2.24, 2.45) is 0 Å². The number of hydrogen-bond acceptors (Lipinski definition) is 8. The molecule has 0 amide bonds. The average Bonchev–Trinajstić information content (AvgIpc) is 2.70. The molecule has 1 fully saturated rings. The zero-order valence-corrected chi connectivity index (χ0v) is 15.9. The molecule has 0 saturated carbocycles. The van der Waals surface area contributed by atoms with E-state index in [-0.39, 0.29) is 35.1 Å². The summed E-state index contributed by atoms with van der Waals surface area (Å²) >= 11 is 0. The third-order valence-electron chi connectivity index (χ3n) is 4.18. The second-order valence-electron chi connectivity index (χ2n) is 6.64. The highest BCUT2D eigenvalue weighted by Crippen LogP contribution is 2.31. The van der Waals surface area contributed by atoms with Crippen molar-refractivity contribution in [3.63, 3.8) is 0 Å². The van der Waals surface area contributed by atoms with E-state index in [9.17, 15) is 26.3 Å². The summed E-state index contributed by atoms with van der Waals surface area (Å²) in [4.78, 5) is 19.0. The maximum Gasteiger partial charge on any atom is 0.433 e. The van der Waals surface area contributed by atoms with Crippen molar-refractivity contribution in [3.8, 4) is 11.5 Å². The number of ether oxygens (including phenoxy) is 1. The summed E-state index contributed by atoms with van der Waals surface area (Å²) in [6, 6.07) is 5.09. The first kappa shape index (κ1) is 21.7. The van der Waals surface area contributed by atoms with Gasteiger partial charge in [0.25, 0.3) is 0 Å². The van der Waals surface area contributed by atoms with Crippen LogP contribution in [0, 0.1) is 0 Å². The molecule has 1 saturated heterocycles. The fourth-order valence-electron chi connectivity index (χ4n) is 2.62. The number of pyridine rings is 2. The Kier molecular flexibility index (Phi) is 5.54. The van der Waals surface area contributed by atoms with Gasteiger partial charge in [-0.3, -0.25) is 4.98 Å². The van der Waals surface area contributed by atoms with Crippen molar-refractivity contribution in [1.29, 1.82) is 0 Å². The van der Waals surface area contributed by atoms with E-state index in [2.05, 4.69) is 35.6 Å². The van der Waals surface area contributed by atoms with Crippen LogP contribution in [0.2, 0.25) is 0 Å². The Labute approximate surface area is 176 Å². The molecule has 2 N–H and O–H groups in total. The van der Waals surface area contributed by atoms with Crippen molar-refractivity contribution in [1.82, 2.24) is 24.9 Å². The van der Waals surface area contributed by atoms with Crippen molar-refractivity contribution in [3.05, 3.63) is 47.9 Å². The molecular weight excluding hydrogens is 444 g/mol. The molecule has 0 atom stereocenters. The minimum atomic E-state index is -4.68. The Hall–Kier alpha value is -3.55. The fraction of sp³-hybridized carbons (Fsp3) is 0.278. The van der Waals surface area contributed by atoms with E-state index in [1.165, 1.54) is 12.1 Å². The number of nitrogens with zero attached hydrogens (tertiary/aromatic N) is 5. The van der Waals surface area contributed by atoms with E-state index in [1.54, 1.807) is 0 Å². The van der Waals surface area contributed by atoms with E-state index in [1.807, 2.05) is 0 Å². The van der Waals surface area contributed by atoms with Crippen LogP contribution < -0.4 is 10.6 Å². The summed E-state index contributed by atoms with van der Waals surface area (Å²) in [6.07, 6.45) is -8.40. The molecule has 0 unspecified atom stereocenters. The van der Waals surface area contributed by atoms with Crippen molar-refractivity contribution in [2.45, 2.75) is 18.4 Å². The smallest absolute Gasteiger partial charge is 0.377 e. The third kappa shape index (κ3) is 5.01. The van der Waals surface area contributed by atoms with E-state index < -0.39 is 23.7 Å². The summed E-state index contributed by atoms with van der Waals surface area (Å²) in [6.45, 7) is 0.732. The largest absolute Gasteiger partial charge is 0.433 e. The lowest BCUT2D eigenvalue weighted by atomic mass is 10.2. The predicted octanol–water partition coefficient (Wildman–Crippen LogP) is 3.92. The lowest BCUT2D eigenvalue weighted by molar-refractivity contribution is -0.141. The summed E-state index contributed by atoms with van der Waals surface area (Å²) in [5.74, 6) is -0.409. The molecule has 1 aliphatic rings. The Morgan fingerprint density at radius 2 is 1.56 bits per heavy atom. The number of nitrogens with one attached hydrogen (secondary N) is 2. The maximum absolute atomic E-state index is 13.0. The number of anilines is 3. The zero-order valence-electron chi connectivity index (χ0n) is 15.9. The molecule has 4 rings (SSSR count). The average molecular weight is 457 g/mol. The van der Waals surface area contributed by atoms with Gasteiger partial charge in [-0.15, -0.1) is 0 Å². The van der Waals surface area contributed by atoms with Crippen LogP contribution in [0.15, 0.2) is 36.5 Å². The molecular formula is C18H13F6N7O. The summed E-state index contributed by atoms with van der Waals surface area (Å²) in [7, 11) is 0. The van der Waals surface area contributed by atoms with Crippen molar-refractivity contribution >= 4 is 17.6 Å². The third-order valence-corrected chi connectivity index (χ3v) is 4.18. The van der Waals surface area contributed by atoms with E-state index in [0.29, 0.717) is 13.2 Å². The molecule has 168 valence electrons. The fourth-order valence-corrected chi connectivity index (χ4v) is 2.62. The molecule has 14 heteroatoms. The van der Waals surface area contributed by atoms with Crippen LogP contribution in [0.5, 0.6) is 0 Å². The predicted molar refractivity (Wildman–Crippen MR) is 98.8 cm³/mol. The van der Waals surface area contributed by atoms with Crippen LogP contribution >= 0.6 is 0 Å². The number of alkyl halides is 6. The molecule has 0 aromatic carbocycles. The molecule has 0 spiro atoms. The van der Waals surface area contributed by atoms with E-state index in [4.69, 9.17) is 4.74 Å². The number of hydrogen-bond donors (Lipinski definition) is 2. The summed E-state index contributed by atoms with van der Waals surface area (Å²) in [5, 5.41) is 5.52. The van der Waals surface area contributed by atoms with Gasteiger partial charge in [-0.25, -0.2) is 4.98 Å². The highest BCUT2D eigenvalue weighted by molar-refractivity contribution is 5.59. The molecule has 1 aliphatic heterocycles. The van der Waals surface area contributed by atoms with Gasteiger partial charge in [0.05, 0.1) is 19.3 Å². The highest BCUT2D eigenvalue weighted by Gasteiger charge is 2.33. The first-order valence-electron chi connectivity index (χ1n) is 9.03. The Morgan fingerprint density at radius 1 is 0.844 bits per heavy atom. The SMILES string of the molecule is FC(F)(F)c1cc(Nc2nc(NC3COC3)nc(-c3cccc(C(F)(F)F)n3)n2)ccn1. The van der Waals surface area contributed by atoms with E-state index in [0.717, 1.165) is 24.4 Å². The number of halogens is 6. The lowest BCUT2D eigenvalue weighted by Crippen LogP contribution is -2.40. The number of rotatable bonds is 5. The van der Waals surface area contributed by atoms with Crippen LogP contribution in [-0.4, -0.2) is 44.2 Å². The van der Waals surface area contributed by atoms with Gasteiger partial charge in [0.2, 0.25) is 11.9 Å². The van der Waals surface area contributed by atoms with Gasteiger partial charge in [-0.1, -0.05) is 6.07 Å². The first-order valence-corrected chi connectivity index (χ1v) is 9.03. The molecule has 0 radical (unpaired) electrons. The highest BCUT2D eigenvalue weighted by atomic mass is 19.4. The maximum atomic E-state index is 13.0. The monoisotopic (exact) mass is 457 g/mol. The standard InChI is InChI=1S/C18H13F6N7O/c19-17(20,21)12-3-1-2-11(28-12)14-29-15(31-16(30-14)27-10-7-32-8-10)26-9-4-5-25-13(6-9)18(22,23)24/h1-6,10H,7-8H2,(H2,25,26,27,29,30,31). The lowest BCUT2D eigenvalue weighted by Gasteiger charge is -2.26. The molecule has 0 aliphatic carbocycles. The zero-order chi connectivity index (χ0) is 22.9. The number of aromatic nitrogens is 5. The Bertz CT molecular complexity index is 1120. The van der Waals surface area contributed by atoms with Crippen LogP contribution in [0.25, 0.3) is 11.5 Å². The first-order chi connectivity index (χ1) is 15.1. The van der Waals surface area contributed by atoms with Crippen LogP contribution in [-0.2, 0) is 17.1 Å². The van der Waals surface area contributed by atoms with Gasteiger partial charge >= 0.3 is 12.4 Å². The summed E-state index contributed by atoms with van der Waals surface area (Å²) in [5.41, 5.74) is -2.50. The van der Waals surface area contributed by atoms with Crippen LogP contribution in [0.4, 0.5) is 43.9 Å². The van der Waals surface area contributed by atoms with Gasteiger partial charge in [-0.2, -0.15) is 41.3 Å². The minimum Gasteiger partial charge on any atom is -0.377 e. The Morgan fingerprint density at radius 3 is 2.22 bits per heavy atom. The van der Waals surface area contributed by atoms with Crippen molar-refractivity contribution in [2.75, 3.05) is 23.8 Å². The second-order valence-corrected chi connectivity index (χ2v) is 6.64. The molecule has 0 bridgehead atoms. The van der Waals surface area contributed by atoms with Gasteiger partial charge in [0.15, 0.2) is 5.82 Å². The normalized spacial score (nSPS) is 14.7. The molecule has 8 nitrogen and oxygen atoms in total. The van der Waals surface area contributed by atoms with E-state index >= 15 is 0 Å². The van der Waals surface area contributed by atoms with Gasteiger partial charge in [-0.05, 0) is 24.3 Å². The van der Waals surface area contributed by atoms with Crippen LogP contribution in [0.3, 0.4) is 0 Å². The van der Waals surface area contributed by atoms with Gasteiger partial charge in [0.1, 0.15) is 17.1 Å². The topological polar surface area (TPSA) is 97.7 Å². The van der Waals surface area contributed by atoms with Crippen molar-refractivity contribution < 1.29 is 31.1 Å². The van der Waals surface area contributed by atoms with Gasteiger partial charge < -0.3 is 15.4 Å². The molecule has 4 heterocycles. The molecule has 32 heavy (non-hydrogen) atoms. The minimum absolute atomic E-state index is 0.00453.